The number of aromatic carboxylic acids is 1. The molecule has 0 aliphatic carbocycles. The number of carboxylic acid groups (broad SMARTS) is 1. The molecule has 0 unspecified atom stereocenters. The minimum atomic E-state index is -0.979. The molecule has 0 aromatic carbocycles. The average molecular weight is 275 g/mol. The van der Waals surface area contributed by atoms with Crippen molar-refractivity contribution in [1.29, 1.82) is 0 Å². The SMILES string of the molecule is Cc1cnnc(Sc2nc(C)cc(C)c2C(=O)O)c1. The first-order chi connectivity index (χ1) is 8.97. The molecule has 0 fully saturated rings. The number of hydrogen-bond donors (Lipinski definition) is 1. The van der Waals surface area contributed by atoms with Crippen molar-refractivity contribution in [3.63, 3.8) is 0 Å². The van der Waals surface area contributed by atoms with E-state index in [2.05, 4.69) is 15.2 Å². The highest BCUT2D eigenvalue weighted by Crippen LogP contribution is 2.29. The minimum Gasteiger partial charge on any atom is -0.478 e. The Kier molecular flexibility index (Phi) is 3.80. The zero-order valence-electron chi connectivity index (χ0n) is 10.8. The van der Waals surface area contributed by atoms with Gasteiger partial charge in [-0.3, -0.25) is 0 Å². The highest BCUT2D eigenvalue weighted by molar-refractivity contribution is 7.99. The Bertz CT molecular complexity index is 644. The van der Waals surface area contributed by atoms with Crippen molar-refractivity contribution in [3.8, 4) is 0 Å². The van der Waals surface area contributed by atoms with Crippen LogP contribution in [0.4, 0.5) is 0 Å². The van der Waals surface area contributed by atoms with Crippen LogP contribution in [0.15, 0.2) is 28.4 Å². The third-order valence-electron chi connectivity index (χ3n) is 2.50. The lowest BCUT2D eigenvalue weighted by atomic mass is 10.1. The summed E-state index contributed by atoms with van der Waals surface area (Å²) < 4.78 is 0. The van der Waals surface area contributed by atoms with E-state index < -0.39 is 5.97 Å². The summed E-state index contributed by atoms with van der Waals surface area (Å²) in [5, 5.41) is 18.2. The fraction of sp³-hybridized carbons (Fsp3) is 0.231. The van der Waals surface area contributed by atoms with Crippen molar-refractivity contribution in [2.45, 2.75) is 30.8 Å². The van der Waals surface area contributed by atoms with Gasteiger partial charge in [-0.1, -0.05) is 0 Å². The van der Waals surface area contributed by atoms with Gasteiger partial charge >= 0.3 is 5.97 Å². The zero-order chi connectivity index (χ0) is 14.0. The van der Waals surface area contributed by atoms with Gasteiger partial charge in [-0.05, 0) is 55.8 Å². The Hall–Kier alpha value is -1.95. The quantitative estimate of drug-likeness (QED) is 0.928. The molecule has 1 N–H and O–H groups in total. The molecule has 98 valence electrons. The van der Waals surface area contributed by atoms with E-state index in [0.717, 1.165) is 11.3 Å². The first-order valence-electron chi connectivity index (χ1n) is 5.66. The largest absolute Gasteiger partial charge is 0.478 e. The molecule has 2 aromatic rings. The Morgan fingerprint density at radius 1 is 1.26 bits per heavy atom. The monoisotopic (exact) mass is 275 g/mol. The van der Waals surface area contributed by atoms with E-state index in [4.69, 9.17) is 0 Å². The number of nitrogens with zero attached hydrogens (tertiary/aromatic N) is 3. The highest BCUT2D eigenvalue weighted by Gasteiger charge is 2.17. The number of hydrogen-bond acceptors (Lipinski definition) is 5. The molecule has 0 spiro atoms. The van der Waals surface area contributed by atoms with E-state index in [0.29, 0.717) is 15.6 Å². The lowest BCUT2D eigenvalue weighted by molar-refractivity contribution is 0.0691. The molecule has 19 heavy (non-hydrogen) atoms. The summed E-state index contributed by atoms with van der Waals surface area (Å²) in [5.74, 6) is -0.979. The molecule has 5 nitrogen and oxygen atoms in total. The molecule has 0 aliphatic heterocycles. The normalized spacial score (nSPS) is 10.5. The summed E-state index contributed by atoms with van der Waals surface area (Å²) in [5.41, 5.74) is 2.67. The lowest BCUT2D eigenvalue weighted by Gasteiger charge is -2.08. The summed E-state index contributed by atoms with van der Waals surface area (Å²) in [7, 11) is 0. The third-order valence-corrected chi connectivity index (χ3v) is 3.39. The molecule has 6 heteroatoms. The zero-order valence-corrected chi connectivity index (χ0v) is 11.7. The van der Waals surface area contributed by atoms with Gasteiger partial charge in [0.1, 0.15) is 10.1 Å². The number of pyridine rings is 1. The van der Waals surface area contributed by atoms with Crippen molar-refractivity contribution in [2.75, 3.05) is 0 Å². The average Bonchev–Trinajstić information content (AvgIpc) is 2.26. The lowest BCUT2D eigenvalue weighted by Crippen LogP contribution is -2.05. The summed E-state index contributed by atoms with van der Waals surface area (Å²) >= 11 is 1.22. The molecule has 2 aromatic heterocycles. The van der Waals surface area contributed by atoms with Gasteiger partial charge in [-0.15, -0.1) is 5.10 Å². The van der Waals surface area contributed by atoms with Crippen LogP contribution in [0.2, 0.25) is 0 Å². The second-order valence-corrected chi connectivity index (χ2v) is 5.25. The van der Waals surface area contributed by atoms with Gasteiger partial charge in [0, 0.05) is 5.69 Å². The Balaban J connectivity index is 2.47. The van der Waals surface area contributed by atoms with Crippen LogP contribution in [-0.2, 0) is 0 Å². The summed E-state index contributed by atoms with van der Waals surface area (Å²) in [6.07, 6.45) is 1.65. The van der Waals surface area contributed by atoms with Gasteiger partial charge in [0.15, 0.2) is 0 Å². The van der Waals surface area contributed by atoms with Gasteiger partial charge in [0.25, 0.3) is 0 Å². The van der Waals surface area contributed by atoms with Gasteiger partial charge in [-0.25, -0.2) is 9.78 Å². The molecule has 0 saturated carbocycles. The minimum absolute atomic E-state index is 0.221. The van der Waals surface area contributed by atoms with E-state index in [-0.39, 0.29) is 5.56 Å². The number of rotatable bonds is 3. The Morgan fingerprint density at radius 3 is 2.63 bits per heavy atom. The highest BCUT2D eigenvalue weighted by atomic mass is 32.2. The van der Waals surface area contributed by atoms with Crippen molar-refractivity contribution in [1.82, 2.24) is 15.2 Å². The molecule has 0 aliphatic rings. The van der Waals surface area contributed by atoms with Crippen LogP contribution in [0.1, 0.15) is 27.2 Å². The second-order valence-electron chi connectivity index (χ2n) is 4.24. The number of aromatic nitrogens is 3. The standard InChI is InChI=1S/C13H13N3O2S/c1-7-4-10(16-14-6-7)19-12-11(13(17)18)8(2)5-9(3)15-12/h4-6H,1-3H3,(H,17,18). The summed E-state index contributed by atoms with van der Waals surface area (Å²) in [6, 6.07) is 3.61. The van der Waals surface area contributed by atoms with Crippen LogP contribution in [-0.4, -0.2) is 26.3 Å². The molecule has 2 rings (SSSR count). The van der Waals surface area contributed by atoms with Crippen LogP contribution in [0, 0.1) is 20.8 Å². The van der Waals surface area contributed by atoms with E-state index in [1.165, 1.54) is 11.8 Å². The van der Waals surface area contributed by atoms with Crippen LogP contribution < -0.4 is 0 Å². The fourth-order valence-corrected chi connectivity index (χ4v) is 2.79. The molecular formula is C13H13N3O2S. The first kappa shape index (κ1) is 13.5. The molecule has 2 heterocycles. The molecule has 0 atom stereocenters. The van der Waals surface area contributed by atoms with Gasteiger partial charge in [0.05, 0.1) is 11.8 Å². The predicted octanol–water partition coefficient (Wildman–Crippen LogP) is 2.65. The predicted molar refractivity (Wildman–Crippen MR) is 71.6 cm³/mol. The maximum Gasteiger partial charge on any atom is 0.338 e. The Morgan fingerprint density at radius 2 is 2.00 bits per heavy atom. The van der Waals surface area contributed by atoms with Crippen LogP contribution >= 0.6 is 11.8 Å². The molecule has 0 radical (unpaired) electrons. The smallest absolute Gasteiger partial charge is 0.338 e. The maximum absolute atomic E-state index is 11.3. The van der Waals surface area contributed by atoms with Crippen molar-refractivity contribution in [3.05, 3.63) is 40.7 Å². The van der Waals surface area contributed by atoms with Crippen molar-refractivity contribution >= 4 is 17.7 Å². The van der Waals surface area contributed by atoms with E-state index in [9.17, 15) is 9.90 Å². The van der Waals surface area contributed by atoms with E-state index >= 15 is 0 Å². The number of carboxylic acids is 1. The third kappa shape index (κ3) is 3.08. The Labute approximate surface area is 115 Å². The topological polar surface area (TPSA) is 76.0 Å². The van der Waals surface area contributed by atoms with Gasteiger partial charge < -0.3 is 5.11 Å². The van der Waals surface area contributed by atoms with Crippen LogP contribution in [0.3, 0.4) is 0 Å². The first-order valence-corrected chi connectivity index (χ1v) is 6.47. The van der Waals surface area contributed by atoms with Crippen LogP contribution in [0.5, 0.6) is 0 Å². The van der Waals surface area contributed by atoms with Crippen LogP contribution in [0.25, 0.3) is 0 Å². The fourth-order valence-electron chi connectivity index (χ4n) is 1.72. The summed E-state index contributed by atoms with van der Waals surface area (Å²) in [6.45, 7) is 5.51. The van der Waals surface area contributed by atoms with E-state index in [1.807, 2.05) is 19.9 Å². The molecule has 0 bridgehead atoms. The molecular weight excluding hydrogens is 262 g/mol. The maximum atomic E-state index is 11.3. The summed E-state index contributed by atoms with van der Waals surface area (Å²) in [4.78, 5) is 15.6. The number of aryl methyl sites for hydroxylation is 3. The molecule has 0 saturated heterocycles. The second kappa shape index (κ2) is 5.36. The van der Waals surface area contributed by atoms with Crippen molar-refractivity contribution in [2.24, 2.45) is 0 Å². The van der Waals surface area contributed by atoms with E-state index in [1.54, 1.807) is 19.2 Å². The number of carbonyl (C=O) groups is 1. The van der Waals surface area contributed by atoms with Crippen molar-refractivity contribution < 1.29 is 9.90 Å². The van der Waals surface area contributed by atoms with Gasteiger partial charge in [0.2, 0.25) is 0 Å². The van der Waals surface area contributed by atoms with Gasteiger partial charge in [-0.2, -0.15) is 5.10 Å². The molecule has 0 amide bonds.